The van der Waals surface area contributed by atoms with Gasteiger partial charge >= 0.3 is 0 Å². The highest BCUT2D eigenvalue weighted by Crippen LogP contribution is 2.38. The SMILES string of the molecule is COc1cc2c(Oc3ccc4[nH]c(C)cc4c3F)cnnc2cc1OC[C@H](O)CN1CCCCC1. The highest BCUT2D eigenvalue weighted by atomic mass is 19.1. The van der Waals surface area contributed by atoms with Crippen LogP contribution in [-0.4, -0.2) is 64.6 Å². The number of benzene rings is 2. The first-order valence-corrected chi connectivity index (χ1v) is 11.8. The van der Waals surface area contributed by atoms with Gasteiger partial charge in [0.15, 0.2) is 28.8 Å². The van der Waals surface area contributed by atoms with Gasteiger partial charge in [-0.15, -0.1) is 0 Å². The predicted octanol–water partition coefficient (Wildman–Crippen LogP) is 4.59. The Bertz CT molecular complexity index is 1340. The van der Waals surface area contributed by atoms with Crippen LogP contribution < -0.4 is 14.2 Å². The number of piperidine rings is 1. The Kier molecular flexibility index (Phi) is 6.70. The van der Waals surface area contributed by atoms with Gasteiger partial charge in [-0.25, -0.2) is 4.39 Å². The maximum absolute atomic E-state index is 15.1. The van der Waals surface area contributed by atoms with E-state index in [9.17, 15) is 5.11 Å². The zero-order valence-electron chi connectivity index (χ0n) is 19.9. The van der Waals surface area contributed by atoms with Crippen molar-refractivity contribution in [3.63, 3.8) is 0 Å². The fourth-order valence-electron chi connectivity index (χ4n) is 4.56. The summed E-state index contributed by atoms with van der Waals surface area (Å²) in [5, 5.41) is 19.7. The molecule has 0 aliphatic carbocycles. The lowest BCUT2D eigenvalue weighted by Gasteiger charge is -2.28. The number of aryl methyl sites for hydroxylation is 1. The molecule has 2 N–H and O–H groups in total. The van der Waals surface area contributed by atoms with Crippen molar-refractivity contribution in [2.45, 2.75) is 32.3 Å². The van der Waals surface area contributed by atoms with Gasteiger partial charge in [0.05, 0.1) is 18.7 Å². The van der Waals surface area contributed by atoms with E-state index in [1.165, 1.54) is 19.7 Å². The minimum atomic E-state index is -0.621. The summed E-state index contributed by atoms with van der Waals surface area (Å²) in [4.78, 5) is 5.37. The first-order valence-electron chi connectivity index (χ1n) is 11.8. The van der Waals surface area contributed by atoms with Crippen molar-refractivity contribution in [2.75, 3.05) is 33.4 Å². The summed E-state index contributed by atoms with van der Waals surface area (Å²) in [7, 11) is 1.54. The smallest absolute Gasteiger partial charge is 0.175 e. The molecule has 1 aliphatic rings. The Morgan fingerprint density at radius 1 is 1.06 bits per heavy atom. The summed E-state index contributed by atoms with van der Waals surface area (Å²) < 4.78 is 32.4. The lowest BCUT2D eigenvalue weighted by Crippen LogP contribution is -2.38. The molecule has 1 saturated heterocycles. The van der Waals surface area contributed by atoms with Gasteiger partial charge in [-0.3, -0.25) is 0 Å². The van der Waals surface area contributed by atoms with E-state index in [4.69, 9.17) is 14.2 Å². The van der Waals surface area contributed by atoms with Crippen molar-refractivity contribution in [3.05, 3.63) is 48.0 Å². The molecule has 2 aromatic heterocycles. The number of ether oxygens (including phenoxy) is 3. The number of β-amino-alcohol motifs (C(OH)–C–C–N with tert-alkyl or cyclic N) is 1. The number of rotatable bonds is 8. The maximum atomic E-state index is 15.1. The number of hydrogen-bond donors (Lipinski definition) is 2. The molecule has 0 spiro atoms. The van der Waals surface area contributed by atoms with Gasteiger partial charge in [-0.1, -0.05) is 6.42 Å². The number of hydrogen-bond acceptors (Lipinski definition) is 7. The topological polar surface area (TPSA) is 92.7 Å². The molecule has 1 fully saturated rings. The van der Waals surface area contributed by atoms with Crippen molar-refractivity contribution in [2.24, 2.45) is 0 Å². The van der Waals surface area contributed by atoms with Crippen molar-refractivity contribution >= 4 is 21.8 Å². The monoisotopic (exact) mass is 480 g/mol. The van der Waals surface area contributed by atoms with Crippen molar-refractivity contribution in [3.8, 4) is 23.0 Å². The molecule has 0 radical (unpaired) electrons. The molecule has 4 aromatic rings. The van der Waals surface area contributed by atoms with Crippen LogP contribution in [0.4, 0.5) is 4.39 Å². The van der Waals surface area contributed by atoms with E-state index >= 15 is 4.39 Å². The average Bonchev–Trinajstić information content (AvgIpc) is 3.26. The number of aromatic amines is 1. The molecule has 2 aromatic carbocycles. The highest BCUT2D eigenvalue weighted by Gasteiger charge is 2.18. The lowest BCUT2D eigenvalue weighted by molar-refractivity contribution is 0.0609. The molecule has 0 unspecified atom stereocenters. The Hall–Kier alpha value is -3.43. The van der Waals surface area contributed by atoms with E-state index < -0.39 is 11.9 Å². The molecular weight excluding hydrogens is 451 g/mol. The first-order chi connectivity index (χ1) is 17.0. The number of H-pyrrole nitrogens is 1. The summed E-state index contributed by atoms with van der Waals surface area (Å²) >= 11 is 0. The number of aliphatic hydroxyl groups excluding tert-OH is 1. The second-order valence-electron chi connectivity index (χ2n) is 8.95. The number of likely N-dealkylation sites (tertiary alicyclic amines) is 1. The fraction of sp³-hybridized carbons (Fsp3) is 0.385. The van der Waals surface area contributed by atoms with Crippen LogP contribution in [0.3, 0.4) is 0 Å². The Morgan fingerprint density at radius 3 is 2.69 bits per heavy atom. The van der Waals surface area contributed by atoms with Crippen LogP contribution >= 0.6 is 0 Å². The maximum Gasteiger partial charge on any atom is 0.175 e. The van der Waals surface area contributed by atoms with Crippen LogP contribution in [0.1, 0.15) is 25.0 Å². The van der Waals surface area contributed by atoms with Gasteiger partial charge in [-0.2, -0.15) is 10.2 Å². The summed E-state index contributed by atoms with van der Waals surface area (Å²) in [5.74, 6) is 0.880. The second-order valence-corrected chi connectivity index (χ2v) is 8.95. The molecule has 0 amide bonds. The molecule has 1 aliphatic heterocycles. The molecule has 1 atom stereocenters. The van der Waals surface area contributed by atoms with Crippen LogP contribution in [0.2, 0.25) is 0 Å². The van der Waals surface area contributed by atoms with Crippen molar-refractivity contribution < 1.29 is 23.7 Å². The zero-order chi connectivity index (χ0) is 24.4. The Morgan fingerprint density at radius 2 is 1.89 bits per heavy atom. The molecule has 35 heavy (non-hydrogen) atoms. The minimum absolute atomic E-state index is 0.0888. The average molecular weight is 481 g/mol. The largest absolute Gasteiger partial charge is 0.493 e. The minimum Gasteiger partial charge on any atom is -0.493 e. The van der Waals surface area contributed by atoms with Crippen LogP contribution in [0.5, 0.6) is 23.0 Å². The van der Waals surface area contributed by atoms with Crippen LogP contribution in [-0.2, 0) is 0 Å². The third-order valence-electron chi connectivity index (χ3n) is 6.29. The lowest BCUT2D eigenvalue weighted by atomic mass is 10.1. The van der Waals surface area contributed by atoms with E-state index in [1.54, 1.807) is 30.3 Å². The van der Waals surface area contributed by atoms with Gasteiger partial charge in [0.25, 0.3) is 0 Å². The number of methoxy groups -OCH3 is 1. The van der Waals surface area contributed by atoms with E-state index in [0.29, 0.717) is 45.6 Å². The van der Waals surface area contributed by atoms with Gasteiger partial charge in [0.2, 0.25) is 0 Å². The molecule has 8 nitrogen and oxygen atoms in total. The van der Waals surface area contributed by atoms with E-state index in [0.717, 1.165) is 31.6 Å². The number of halogens is 1. The van der Waals surface area contributed by atoms with Crippen molar-refractivity contribution in [1.82, 2.24) is 20.1 Å². The van der Waals surface area contributed by atoms with Crippen LogP contribution in [0.15, 0.2) is 36.5 Å². The number of nitrogens with one attached hydrogen (secondary N) is 1. The number of aromatic nitrogens is 3. The predicted molar refractivity (Wildman–Crippen MR) is 131 cm³/mol. The summed E-state index contributed by atoms with van der Waals surface area (Å²) in [6.45, 7) is 4.59. The van der Waals surface area contributed by atoms with Gasteiger partial charge < -0.3 is 29.2 Å². The van der Waals surface area contributed by atoms with Crippen LogP contribution in [0.25, 0.3) is 21.8 Å². The molecule has 184 valence electrons. The highest BCUT2D eigenvalue weighted by molar-refractivity contribution is 5.88. The Labute approximate surface area is 202 Å². The van der Waals surface area contributed by atoms with E-state index in [2.05, 4.69) is 20.1 Å². The summed E-state index contributed by atoms with van der Waals surface area (Å²) in [6.07, 6.45) is 4.40. The number of aliphatic hydroxyl groups is 1. The van der Waals surface area contributed by atoms with E-state index in [-0.39, 0.29) is 12.4 Å². The van der Waals surface area contributed by atoms with Crippen molar-refractivity contribution in [1.29, 1.82) is 0 Å². The van der Waals surface area contributed by atoms with E-state index in [1.807, 2.05) is 6.92 Å². The summed E-state index contributed by atoms with van der Waals surface area (Å²) in [5.41, 5.74) is 2.07. The Balaban J connectivity index is 1.37. The molecule has 0 saturated carbocycles. The third-order valence-corrected chi connectivity index (χ3v) is 6.29. The number of fused-ring (bicyclic) bond motifs is 2. The van der Waals surface area contributed by atoms with Crippen LogP contribution in [0, 0.1) is 12.7 Å². The quantitative estimate of drug-likeness (QED) is 0.381. The zero-order valence-corrected chi connectivity index (χ0v) is 19.9. The van der Waals surface area contributed by atoms with Gasteiger partial charge in [0, 0.05) is 29.2 Å². The van der Waals surface area contributed by atoms with Gasteiger partial charge in [-0.05, 0) is 57.1 Å². The molecule has 9 heteroatoms. The first kappa shape index (κ1) is 23.3. The summed E-state index contributed by atoms with van der Waals surface area (Å²) in [6, 6.07) is 8.52. The standard InChI is InChI=1S/C26H29FN4O4/c1-16-10-19-20(29-16)6-7-22(26(19)27)35-25-13-28-30-21-12-24(23(33-2)11-18(21)25)34-15-17(32)14-31-8-4-3-5-9-31/h6-7,10-13,17,29,32H,3-5,8-9,14-15H2,1-2H3/t17-/m1/s1. The molecule has 3 heterocycles. The number of nitrogens with zero attached hydrogens (tertiary/aromatic N) is 3. The third kappa shape index (κ3) is 5.01. The second kappa shape index (κ2) is 10.1. The molecule has 0 bridgehead atoms. The molecule has 5 rings (SSSR count). The molecular formula is C26H29FN4O4. The fourth-order valence-corrected chi connectivity index (χ4v) is 4.56. The van der Waals surface area contributed by atoms with Gasteiger partial charge in [0.1, 0.15) is 18.2 Å². The normalized spacial score (nSPS) is 15.4.